The summed E-state index contributed by atoms with van der Waals surface area (Å²) in [6.45, 7) is 2.50. The van der Waals surface area contributed by atoms with E-state index in [2.05, 4.69) is 25.6 Å². The van der Waals surface area contributed by atoms with E-state index in [4.69, 9.17) is 22.1 Å². The number of hydrogen-bond acceptors (Lipinski definition) is 5. The predicted molar refractivity (Wildman–Crippen MR) is 104 cm³/mol. The average Bonchev–Trinajstić information content (AvgIpc) is 2.58. The van der Waals surface area contributed by atoms with E-state index in [1.54, 1.807) is 6.07 Å². The second-order valence-electron chi connectivity index (χ2n) is 6.21. The summed E-state index contributed by atoms with van der Waals surface area (Å²) in [5, 5.41) is 0.295. The van der Waals surface area contributed by atoms with E-state index in [0.717, 1.165) is 19.4 Å². The summed E-state index contributed by atoms with van der Waals surface area (Å²) >= 11 is 9.22. The van der Waals surface area contributed by atoms with Crippen LogP contribution in [0.4, 0.5) is 0 Å². The van der Waals surface area contributed by atoms with Crippen LogP contribution in [0, 0.1) is 5.92 Å². The number of nitrogens with two attached hydrogens (primary N) is 1. The van der Waals surface area contributed by atoms with Crippen LogP contribution >= 0.6 is 27.5 Å². The number of sulfonamides is 1. The van der Waals surface area contributed by atoms with Gasteiger partial charge in [-0.2, -0.15) is 0 Å². The van der Waals surface area contributed by atoms with Crippen molar-refractivity contribution in [2.75, 3.05) is 33.3 Å². The van der Waals surface area contributed by atoms with E-state index in [-0.39, 0.29) is 29.0 Å². The second kappa shape index (κ2) is 9.36. The van der Waals surface area contributed by atoms with E-state index in [9.17, 15) is 13.2 Å². The predicted octanol–water partition coefficient (Wildman–Crippen LogP) is 1.98. The van der Waals surface area contributed by atoms with Gasteiger partial charge >= 0.3 is 0 Å². The Kier molecular flexibility index (Phi) is 7.72. The molecule has 1 fully saturated rings. The van der Waals surface area contributed by atoms with Crippen molar-refractivity contribution in [1.29, 1.82) is 0 Å². The molecular formula is C16H23BrClN3O4S. The van der Waals surface area contributed by atoms with Gasteiger partial charge in [-0.1, -0.05) is 11.6 Å². The van der Waals surface area contributed by atoms with Crippen LogP contribution in [0.1, 0.15) is 19.3 Å². The fourth-order valence-electron chi connectivity index (χ4n) is 3.01. The number of primary amides is 1. The largest absolute Gasteiger partial charge is 0.494 e. The number of rotatable bonds is 8. The number of halogens is 2. The Labute approximate surface area is 167 Å². The monoisotopic (exact) mass is 467 g/mol. The summed E-state index contributed by atoms with van der Waals surface area (Å²) < 4.78 is 33.3. The molecule has 146 valence electrons. The van der Waals surface area contributed by atoms with Gasteiger partial charge in [-0.3, -0.25) is 4.79 Å². The van der Waals surface area contributed by atoms with Crippen molar-refractivity contribution in [2.24, 2.45) is 11.7 Å². The molecule has 0 spiro atoms. The van der Waals surface area contributed by atoms with Gasteiger partial charge in [0.05, 0.1) is 17.5 Å². The first-order valence-corrected chi connectivity index (χ1v) is 10.9. The van der Waals surface area contributed by atoms with E-state index in [1.807, 2.05) is 0 Å². The lowest BCUT2D eigenvalue weighted by Gasteiger charge is -2.31. The van der Waals surface area contributed by atoms with Crippen LogP contribution in [0.25, 0.3) is 0 Å². The fraction of sp³-hybridized carbons (Fsp3) is 0.562. The summed E-state index contributed by atoms with van der Waals surface area (Å²) in [5.74, 6) is -0.176. The molecule has 1 aromatic rings. The third kappa shape index (κ3) is 5.56. The summed E-state index contributed by atoms with van der Waals surface area (Å²) in [5.41, 5.74) is 5.37. The number of carbonyl (C=O) groups is 1. The first-order chi connectivity index (χ1) is 12.2. The highest BCUT2D eigenvalue weighted by Gasteiger charge is 2.24. The molecule has 0 aliphatic carbocycles. The van der Waals surface area contributed by atoms with Crippen molar-refractivity contribution in [3.63, 3.8) is 0 Å². The smallest absolute Gasteiger partial charge is 0.244 e. The minimum absolute atomic E-state index is 0.00820. The molecular weight excluding hydrogens is 446 g/mol. The molecule has 26 heavy (non-hydrogen) atoms. The molecule has 0 aromatic heterocycles. The standard InChI is InChI=1S/C16H23BrClN3O4S/c1-25-15-13(17)8-12(18)9-14(15)26(23,24)20-5-3-7-21-6-2-4-11(10-21)16(19)22/h8-9,11,20H,2-7,10H2,1H3,(H2,19,22). The summed E-state index contributed by atoms with van der Waals surface area (Å²) in [7, 11) is -2.36. The van der Waals surface area contributed by atoms with Crippen molar-refractivity contribution >= 4 is 43.5 Å². The molecule has 1 aliphatic heterocycles. The number of likely N-dealkylation sites (tertiary alicyclic amines) is 1. The number of hydrogen-bond donors (Lipinski definition) is 2. The van der Waals surface area contributed by atoms with Crippen molar-refractivity contribution < 1.29 is 17.9 Å². The Hall–Kier alpha value is -0.870. The molecule has 10 heteroatoms. The van der Waals surface area contributed by atoms with Crippen LogP contribution < -0.4 is 15.2 Å². The number of piperidine rings is 1. The first kappa shape index (κ1) is 21.4. The zero-order valence-electron chi connectivity index (χ0n) is 14.5. The van der Waals surface area contributed by atoms with Gasteiger partial charge in [0.1, 0.15) is 4.90 Å². The lowest BCUT2D eigenvalue weighted by Crippen LogP contribution is -2.42. The van der Waals surface area contributed by atoms with Gasteiger partial charge in [-0.15, -0.1) is 0 Å². The van der Waals surface area contributed by atoms with E-state index < -0.39 is 10.0 Å². The Morgan fingerprint density at radius 2 is 2.23 bits per heavy atom. The molecule has 2 rings (SSSR count). The molecule has 1 atom stereocenters. The lowest BCUT2D eigenvalue weighted by atomic mass is 9.97. The highest BCUT2D eigenvalue weighted by atomic mass is 79.9. The van der Waals surface area contributed by atoms with Crippen molar-refractivity contribution in [1.82, 2.24) is 9.62 Å². The molecule has 1 aliphatic rings. The molecule has 1 aromatic carbocycles. The molecule has 0 bridgehead atoms. The maximum Gasteiger partial charge on any atom is 0.244 e. The molecule has 1 saturated heterocycles. The van der Waals surface area contributed by atoms with Crippen molar-refractivity contribution in [3.8, 4) is 5.75 Å². The molecule has 1 heterocycles. The van der Waals surface area contributed by atoms with E-state index in [0.29, 0.717) is 29.0 Å². The van der Waals surface area contributed by atoms with E-state index >= 15 is 0 Å². The maximum absolute atomic E-state index is 12.6. The third-order valence-corrected chi connectivity index (χ3v) is 6.59. The Morgan fingerprint density at radius 3 is 2.88 bits per heavy atom. The number of benzene rings is 1. The van der Waals surface area contributed by atoms with Gasteiger partial charge in [0.25, 0.3) is 0 Å². The van der Waals surface area contributed by atoms with Gasteiger partial charge in [0, 0.05) is 18.1 Å². The maximum atomic E-state index is 12.6. The molecule has 1 unspecified atom stereocenters. The molecule has 0 saturated carbocycles. The van der Waals surface area contributed by atoms with Crippen molar-refractivity contribution in [3.05, 3.63) is 21.6 Å². The second-order valence-corrected chi connectivity index (χ2v) is 9.24. The van der Waals surface area contributed by atoms with E-state index in [1.165, 1.54) is 13.2 Å². The number of ether oxygens (including phenoxy) is 1. The number of nitrogens with one attached hydrogen (secondary N) is 1. The fourth-order valence-corrected chi connectivity index (χ4v) is 5.47. The average molecular weight is 469 g/mol. The third-order valence-electron chi connectivity index (χ3n) is 4.32. The van der Waals surface area contributed by atoms with Crippen LogP contribution in [-0.2, 0) is 14.8 Å². The molecule has 1 amide bonds. The number of carbonyl (C=O) groups excluding carboxylic acids is 1. The lowest BCUT2D eigenvalue weighted by molar-refractivity contribution is -0.123. The van der Waals surface area contributed by atoms with Crippen LogP contribution in [0.5, 0.6) is 5.75 Å². The summed E-state index contributed by atoms with van der Waals surface area (Å²) in [6.07, 6.45) is 2.36. The molecule has 7 nitrogen and oxygen atoms in total. The SMILES string of the molecule is COc1c(Br)cc(Cl)cc1S(=O)(=O)NCCCN1CCCC(C(N)=O)C1. The van der Waals surface area contributed by atoms with Gasteiger partial charge in [-0.05, 0) is 60.4 Å². The molecule has 0 radical (unpaired) electrons. The Morgan fingerprint density at radius 1 is 1.50 bits per heavy atom. The number of methoxy groups -OCH3 is 1. The molecule has 3 N–H and O–H groups in total. The zero-order valence-corrected chi connectivity index (χ0v) is 17.7. The Balaban J connectivity index is 1.92. The van der Waals surface area contributed by atoms with Crippen LogP contribution in [-0.4, -0.2) is 52.5 Å². The van der Waals surface area contributed by atoms with Crippen LogP contribution in [0.2, 0.25) is 5.02 Å². The Bertz CT molecular complexity index is 760. The number of nitrogens with zero attached hydrogens (tertiary/aromatic N) is 1. The minimum atomic E-state index is -3.76. The zero-order chi connectivity index (χ0) is 19.3. The van der Waals surface area contributed by atoms with Gasteiger partial charge in [0.15, 0.2) is 5.75 Å². The van der Waals surface area contributed by atoms with Crippen LogP contribution in [0.3, 0.4) is 0 Å². The van der Waals surface area contributed by atoms with Gasteiger partial charge in [0.2, 0.25) is 15.9 Å². The quantitative estimate of drug-likeness (QED) is 0.568. The first-order valence-electron chi connectivity index (χ1n) is 8.29. The number of amides is 1. The highest BCUT2D eigenvalue weighted by Crippen LogP contribution is 2.35. The van der Waals surface area contributed by atoms with Crippen LogP contribution in [0.15, 0.2) is 21.5 Å². The summed E-state index contributed by atoms with van der Waals surface area (Å²) in [4.78, 5) is 13.4. The van der Waals surface area contributed by atoms with Gasteiger partial charge < -0.3 is 15.4 Å². The van der Waals surface area contributed by atoms with Gasteiger partial charge in [-0.25, -0.2) is 13.1 Å². The normalized spacial score (nSPS) is 18.7. The topological polar surface area (TPSA) is 102 Å². The summed E-state index contributed by atoms with van der Waals surface area (Å²) in [6, 6.07) is 2.93. The minimum Gasteiger partial charge on any atom is -0.494 e. The van der Waals surface area contributed by atoms with Crippen molar-refractivity contribution in [2.45, 2.75) is 24.2 Å². The highest BCUT2D eigenvalue weighted by molar-refractivity contribution is 9.10.